The Kier molecular flexibility index (Phi) is 5.10. The molecule has 1 heterocycles. The van der Waals surface area contributed by atoms with E-state index >= 15 is 0 Å². The van der Waals surface area contributed by atoms with Gasteiger partial charge in [-0.3, -0.25) is 4.98 Å². The Hall–Kier alpha value is -2.70. The van der Waals surface area contributed by atoms with Crippen molar-refractivity contribution in [3.05, 3.63) is 53.9 Å². The Labute approximate surface area is 133 Å². The lowest BCUT2D eigenvalue weighted by Crippen LogP contribution is -2.31. The fourth-order valence-electron chi connectivity index (χ4n) is 2.14. The standard InChI is InChI=1S/C16H18F2N4O/c1-10(11-5-4-6-19-9-11)20-16(23)21-12-7-13(17)15(22(2)3)14(18)8-12/h4-10H,1-3H3,(H2,20,21,23)/t10-/m1/s1. The van der Waals surface area contributed by atoms with Crippen molar-refractivity contribution < 1.29 is 13.6 Å². The molecule has 2 aromatic rings. The highest BCUT2D eigenvalue weighted by molar-refractivity contribution is 5.89. The van der Waals surface area contributed by atoms with Crippen molar-refractivity contribution in [1.82, 2.24) is 10.3 Å². The van der Waals surface area contributed by atoms with Crippen LogP contribution in [0.3, 0.4) is 0 Å². The van der Waals surface area contributed by atoms with Crippen LogP contribution in [0.15, 0.2) is 36.7 Å². The van der Waals surface area contributed by atoms with E-state index in [1.165, 1.54) is 19.0 Å². The summed E-state index contributed by atoms with van der Waals surface area (Å²) in [4.78, 5) is 17.2. The van der Waals surface area contributed by atoms with Crippen LogP contribution < -0.4 is 15.5 Å². The molecule has 7 heteroatoms. The Morgan fingerprint density at radius 1 is 1.26 bits per heavy atom. The van der Waals surface area contributed by atoms with Gasteiger partial charge in [-0.15, -0.1) is 0 Å². The van der Waals surface area contributed by atoms with Crippen molar-refractivity contribution in [2.24, 2.45) is 0 Å². The topological polar surface area (TPSA) is 57.3 Å². The Balaban J connectivity index is 2.06. The maximum absolute atomic E-state index is 13.9. The van der Waals surface area contributed by atoms with Crippen LogP contribution in [0, 0.1) is 11.6 Å². The lowest BCUT2D eigenvalue weighted by Gasteiger charge is -2.17. The van der Waals surface area contributed by atoms with Crippen LogP contribution in [-0.4, -0.2) is 25.1 Å². The summed E-state index contributed by atoms with van der Waals surface area (Å²) < 4.78 is 27.8. The second-order valence-corrected chi connectivity index (χ2v) is 5.29. The normalized spacial score (nSPS) is 11.7. The summed E-state index contributed by atoms with van der Waals surface area (Å²) in [7, 11) is 3.08. The lowest BCUT2D eigenvalue weighted by atomic mass is 10.1. The van der Waals surface area contributed by atoms with Gasteiger partial charge in [0.1, 0.15) is 5.69 Å². The molecule has 2 N–H and O–H groups in total. The third kappa shape index (κ3) is 4.15. The average molecular weight is 320 g/mol. The monoisotopic (exact) mass is 320 g/mol. The fraction of sp³-hybridized carbons (Fsp3) is 0.250. The molecule has 2 rings (SSSR count). The summed E-state index contributed by atoms with van der Waals surface area (Å²) in [5.41, 5.74) is 0.712. The number of urea groups is 1. The summed E-state index contributed by atoms with van der Waals surface area (Å²) in [6, 6.07) is 4.89. The molecule has 0 saturated heterocycles. The first-order valence-corrected chi connectivity index (χ1v) is 7.02. The van der Waals surface area contributed by atoms with Crippen LogP contribution >= 0.6 is 0 Å². The first-order chi connectivity index (χ1) is 10.9. The van der Waals surface area contributed by atoms with Gasteiger partial charge in [-0.25, -0.2) is 13.6 Å². The molecule has 1 aromatic carbocycles. The number of carbonyl (C=O) groups is 1. The van der Waals surface area contributed by atoms with Gasteiger partial charge < -0.3 is 15.5 Å². The Morgan fingerprint density at radius 3 is 2.43 bits per heavy atom. The van der Waals surface area contributed by atoms with Crippen LogP contribution in [0.2, 0.25) is 0 Å². The first kappa shape index (κ1) is 16.7. The highest BCUT2D eigenvalue weighted by atomic mass is 19.1. The molecule has 122 valence electrons. The smallest absolute Gasteiger partial charge is 0.319 e. The Morgan fingerprint density at radius 2 is 1.91 bits per heavy atom. The van der Waals surface area contributed by atoms with Gasteiger partial charge in [0.2, 0.25) is 0 Å². The van der Waals surface area contributed by atoms with E-state index in [-0.39, 0.29) is 17.4 Å². The molecule has 0 saturated carbocycles. The van der Waals surface area contributed by atoms with Gasteiger partial charge >= 0.3 is 6.03 Å². The van der Waals surface area contributed by atoms with E-state index in [9.17, 15) is 13.6 Å². The van der Waals surface area contributed by atoms with Crippen LogP contribution in [0.4, 0.5) is 25.0 Å². The minimum atomic E-state index is -0.745. The van der Waals surface area contributed by atoms with E-state index in [1.807, 2.05) is 6.07 Å². The predicted octanol–water partition coefficient (Wildman–Crippen LogP) is 3.31. The molecule has 23 heavy (non-hydrogen) atoms. The highest BCUT2D eigenvalue weighted by Crippen LogP contribution is 2.25. The van der Waals surface area contributed by atoms with E-state index in [0.29, 0.717) is 0 Å². The second kappa shape index (κ2) is 7.04. The number of pyridine rings is 1. The molecular formula is C16H18F2N4O. The number of amides is 2. The van der Waals surface area contributed by atoms with Gasteiger partial charge in [-0.05, 0) is 30.7 Å². The molecule has 2 amide bonds. The summed E-state index contributed by atoms with van der Waals surface area (Å²) in [6.45, 7) is 1.78. The summed E-state index contributed by atoms with van der Waals surface area (Å²) in [5, 5.41) is 5.10. The molecule has 0 bridgehead atoms. The molecule has 5 nitrogen and oxygen atoms in total. The van der Waals surface area contributed by atoms with E-state index in [1.54, 1.807) is 25.4 Å². The summed E-state index contributed by atoms with van der Waals surface area (Å²) in [5.74, 6) is -1.49. The van der Waals surface area contributed by atoms with Crippen LogP contribution in [0.25, 0.3) is 0 Å². The third-order valence-electron chi connectivity index (χ3n) is 3.25. The molecule has 1 aromatic heterocycles. The number of nitrogens with one attached hydrogen (secondary N) is 2. The van der Waals surface area contributed by atoms with Crippen LogP contribution in [-0.2, 0) is 0 Å². The number of halogens is 2. The molecular weight excluding hydrogens is 302 g/mol. The molecule has 0 aliphatic rings. The van der Waals surface area contributed by atoms with Gasteiger partial charge in [-0.2, -0.15) is 0 Å². The number of carbonyl (C=O) groups excluding carboxylic acids is 1. The van der Waals surface area contributed by atoms with Gasteiger partial charge in [0.15, 0.2) is 11.6 Å². The highest BCUT2D eigenvalue weighted by Gasteiger charge is 2.15. The number of anilines is 2. The van der Waals surface area contributed by atoms with Crippen molar-refractivity contribution >= 4 is 17.4 Å². The maximum Gasteiger partial charge on any atom is 0.319 e. The quantitative estimate of drug-likeness (QED) is 0.909. The SMILES string of the molecule is C[C@@H](NC(=O)Nc1cc(F)c(N(C)C)c(F)c1)c1cccnc1. The minimum absolute atomic E-state index is 0.0430. The number of hydrogen-bond acceptors (Lipinski definition) is 3. The van der Waals surface area contributed by atoms with E-state index in [0.717, 1.165) is 17.7 Å². The second-order valence-electron chi connectivity index (χ2n) is 5.29. The zero-order valence-electron chi connectivity index (χ0n) is 13.1. The third-order valence-corrected chi connectivity index (χ3v) is 3.25. The fourth-order valence-corrected chi connectivity index (χ4v) is 2.14. The Bertz CT molecular complexity index is 669. The number of nitrogens with zero attached hydrogens (tertiary/aromatic N) is 2. The molecule has 0 fully saturated rings. The van der Waals surface area contributed by atoms with E-state index in [4.69, 9.17) is 0 Å². The first-order valence-electron chi connectivity index (χ1n) is 7.02. The molecule has 0 aliphatic heterocycles. The summed E-state index contributed by atoms with van der Waals surface area (Å²) in [6.07, 6.45) is 3.27. The summed E-state index contributed by atoms with van der Waals surface area (Å²) >= 11 is 0. The molecule has 0 spiro atoms. The average Bonchev–Trinajstić information content (AvgIpc) is 2.46. The largest absolute Gasteiger partial charge is 0.373 e. The van der Waals surface area contributed by atoms with Crippen molar-refractivity contribution in [2.45, 2.75) is 13.0 Å². The van der Waals surface area contributed by atoms with Crippen molar-refractivity contribution in [2.75, 3.05) is 24.3 Å². The zero-order chi connectivity index (χ0) is 17.0. The number of benzene rings is 1. The number of rotatable bonds is 4. The minimum Gasteiger partial charge on any atom is -0.373 e. The van der Waals surface area contributed by atoms with Crippen molar-refractivity contribution in [1.29, 1.82) is 0 Å². The van der Waals surface area contributed by atoms with Gasteiger partial charge in [0.25, 0.3) is 0 Å². The van der Waals surface area contributed by atoms with Crippen molar-refractivity contribution in [3.63, 3.8) is 0 Å². The van der Waals surface area contributed by atoms with Crippen LogP contribution in [0.5, 0.6) is 0 Å². The van der Waals surface area contributed by atoms with E-state index in [2.05, 4.69) is 15.6 Å². The molecule has 0 radical (unpaired) electrons. The molecule has 0 unspecified atom stereocenters. The zero-order valence-corrected chi connectivity index (χ0v) is 13.1. The number of aromatic nitrogens is 1. The van der Waals surface area contributed by atoms with Gasteiger partial charge in [0, 0.05) is 32.2 Å². The van der Waals surface area contributed by atoms with Crippen LogP contribution in [0.1, 0.15) is 18.5 Å². The molecule has 1 atom stereocenters. The van der Waals surface area contributed by atoms with Gasteiger partial charge in [-0.1, -0.05) is 6.07 Å². The van der Waals surface area contributed by atoms with Crippen molar-refractivity contribution in [3.8, 4) is 0 Å². The molecule has 0 aliphatic carbocycles. The predicted molar refractivity (Wildman–Crippen MR) is 85.5 cm³/mol. The number of hydrogen-bond donors (Lipinski definition) is 2. The lowest BCUT2D eigenvalue weighted by molar-refractivity contribution is 0.249. The van der Waals surface area contributed by atoms with Gasteiger partial charge in [0.05, 0.1) is 6.04 Å². The van der Waals surface area contributed by atoms with E-state index < -0.39 is 17.7 Å². The maximum atomic E-state index is 13.9.